The van der Waals surface area contributed by atoms with Gasteiger partial charge in [0.1, 0.15) is 6.54 Å². The van der Waals surface area contributed by atoms with Crippen LogP contribution in [0.15, 0.2) is 10.3 Å². The zero-order valence-electron chi connectivity index (χ0n) is 9.42. The van der Waals surface area contributed by atoms with E-state index in [0.29, 0.717) is 11.4 Å². The minimum Gasteiger partial charge on any atom is -0.269 e. The smallest absolute Gasteiger partial charge is 0.269 e. The molecule has 17 heavy (non-hydrogen) atoms. The molecule has 0 saturated heterocycles. The third-order valence-electron chi connectivity index (χ3n) is 2.04. The summed E-state index contributed by atoms with van der Waals surface area (Å²) < 4.78 is 24.7. The molecule has 1 aliphatic rings. The molecule has 0 spiro atoms. The van der Waals surface area contributed by atoms with E-state index in [1.165, 1.54) is 0 Å². The van der Waals surface area contributed by atoms with Crippen LogP contribution in [0.4, 0.5) is 4.79 Å². The molecule has 0 aromatic carbocycles. The summed E-state index contributed by atoms with van der Waals surface area (Å²) >= 11 is 0. The van der Waals surface area contributed by atoms with E-state index in [1.54, 1.807) is 0 Å². The standard InChI is InChI=1S/C8H14N4O4S/c1-2-3-4-5-17(15,16)10-8(14)12-6-7(13)9-11-12/h2-6H2,1H3,(H,10,14). The molecule has 96 valence electrons. The highest BCUT2D eigenvalue weighted by molar-refractivity contribution is 7.90. The average Bonchev–Trinajstić information content (AvgIpc) is 2.64. The third kappa shape index (κ3) is 4.47. The first-order chi connectivity index (χ1) is 7.94. The van der Waals surface area contributed by atoms with E-state index in [2.05, 4.69) is 10.3 Å². The van der Waals surface area contributed by atoms with Crippen molar-refractivity contribution in [2.24, 2.45) is 10.3 Å². The zero-order valence-corrected chi connectivity index (χ0v) is 10.2. The summed E-state index contributed by atoms with van der Waals surface area (Å²) in [5.41, 5.74) is 0. The van der Waals surface area contributed by atoms with Gasteiger partial charge in [-0.1, -0.05) is 30.1 Å². The molecule has 0 aliphatic carbocycles. The Morgan fingerprint density at radius 3 is 2.71 bits per heavy atom. The van der Waals surface area contributed by atoms with Crippen molar-refractivity contribution in [3.8, 4) is 0 Å². The molecular formula is C8H14N4O4S. The molecule has 1 N–H and O–H groups in total. The predicted molar refractivity (Wildman–Crippen MR) is 58.4 cm³/mol. The maximum absolute atomic E-state index is 11.4. The molecule has 1 aliphatic heterocycles. The van der Waals surface area contributed by atoms with Crippen molar-refractivity contribution in [1.82, 2.24) is 9.73 Å². The van der Waals surface area contributed by atoms with Gasteiger partial charge >= 0.3 is 6.03 Å². The van der Waals surface area contributed by atoms with E-state index >= 15 is 0 Å². The molecule has 0 radical (unpaired) electrons. The van der Waals surface area contributed by atoms with Crippen molar-refractivity contribution < 1.29 is 18.0 Å². The Labute approximate surface area is 99.1 Å². The van der Waals surface area contributed by atoms with Gasteiger partial charge in [0.15, 0.2) is 0 Å². The van der Waals surface area contributed by atoms with Crippen molar-refractivity contribution in [2.45, 2.75) is 26.2 Å². The van der Waals surface area contributed by atoms with Gasteiger partial charge in [0, 0.05) is 0 Å². The maximum Gasteiger partial charge on any atom is 0.353 e. The number of rotatable bonds is 5. The Bertz CT molecular complexity index is 431. The van der Waals surface area contributed by atoms with Crippen molar-refractivity contribution in [2.75, 3.05) is 12.3 Å². The Balaban J connectivity index is 2.45. The largest absolute Gasteiger partial charge is 0.353 e. The van der Waals surface area contributed by atoms with Crippen molar-refractivity contribution >= 4 is 22.0 Å². The van der Waals surface area contributed by atoms with Gasteiger partial charge in [-0.3, -0.25) is 4.79 Å². The number of nitrogens with zero attached hydrogens (tertiary/aromatic N) is 3. The Hall–Kier alpha value is -1.51. The van der Waals surface area contributed by atoms with Crippen LogP contribution in [0.5, 0.6) is 0 Å². The normalized spacial score (nSPS) is 15.4. The average molecular weight is 262 g/mol. The van der Waals surface area contributed by atoms with Gasteiger partial charge in [-0.2, -0.15) is 5.01 Å². The first-order valence-corrected chi connectivity index (χ1v) is 6.86. The summed E-state index contributed by atoms with van der Waals surface area (Å²) in [4.78, 5) is 22.1. The van der Waals surface area contributed by atoms with E-state index in [-0.39, 0.29) is 12.3 Å². The highest BCUT2D eigenvalue weighted by Gasteiger charge is 2.25. The number of hydrogen-bond acceptors (Lipinski definition) is 5. The monoisotopic (exact) mass is 262 g/mol. The van der Waals surface area contributed by atoms with Crippen molar-refractivity contribution in [3.05, 3.63) is 0 Å². The van der Waals surface area contributed by atoms with Gasteiger partial charge in [-0.15, -0.1) is 0 Å². The molecule has 3 amide bonds. The van der Waals surface area contributed by atoms with Crippen LogP contribution in [0.25, 0.3) is 0 Å². The second kappa shape index (κ2) is 5.71. The summed E-state index contributed by atoms with van der Waals surface area (Å²) in [5, 5.41) is 7.01. The Morgan fingerprint density at radius 2 is 2.18 bits per heavy atom. The third-order valence-corrected chi connectivity index (χ3v) is 3.35. The molecule has 1 heterocycles. The van der Waals surface area contributed by atoms with Crippen molar-refractivity contribution in [1.29, 1.82) is 0 Å². The SMILES string of the molecule is CCCCCS(=O)(=O)NC(=O)N1CC(=O)N=N1. The predicted octanol–water partition coefficient (Wildman–Crippen LogP) is 0.425. The van der Waals surface area contributed by atoms with Gasteiger partial charge in [-0.25, -0.2) is 17.9 Å². The minimum absolute atomic E-state index is 0.120. The fourth-order valence-electron chi connectivity index (χ4n) is 1.19. The van der Waals surface area contributed by atoms with Gasteiger partial charge in [0.25, 0.3) is 5.91 Å². The van der Waals surface area contributed by atoms with Crippen LogP contribution >= 0.6 is 0 Å². The lowest BCUT2D eigenvalue weighted by molar-refractivity contribution is -0.116. The fourth-order valence-corrected chi connectivity index (χ4v) is 2.24. The molecule has 9 heteroatoms. The topological polar surface area (TPSA) is 108 Å². The van der Waals surface area contributed by atoms with Crippen LogP contribution in [0, 0.1) is 0 Å². The summed E-state index contributed by atoms with van der Waals surface area (Å²) in [6.07, 6.45) is 2.15. The molecule has 0 fully saturated rings. The summed E-state index contributed by atoms with van der Waals surface area (Å²) in [6.45, 7) is 1.62. The summed E-state index contributed by atoms with van der Waals surface area (Å²) in [5.74, 6) is -0.700. The lowest BCUT2D eigenvalue weighted by Gasteiger charge is -2.10. The highest BCUT2D eigenvalue weighted by Crippen LogP contribution is 2.04. The number of sulfonamides is 1. The van der Waals surface area contributed by atoms with Crippen LogP contribution < -0.4 is 4.72 Å². The number of unbranched alkanes of at least 4 members (excludes halogenated alkanes) is 2. The number of hydrogen-bond donors (Lipinski definition) is 1. The molecular weight excluding hydrogens is 248 g/mol. The quantitative estimate of drug-likeness (QED) is 0.724. The first kappa shape index (κ1) is 13.6. The number of carbonyl (C=O) groups excluding carboxylic acids is 2. The van der Waals surface area contributed by atoms with E-state index < -0.39 is 22.0 Å². The molecule has 0 saturated carbocycles. The van der Waals surface area contributed by atoms with E-state index in [0.717, 1.165) is 12.8 Å². The second-order valence-electron chi connectivity index (χ2n) is 3.57. The molecule has 0 bridgehead atoms. The lowest BCUT2D eigenvalue weighted by Crippen LogP contribution is -2.41. The number of urea groups is 1. The van der Waals surface area contributed by atoms with Crippen LogP contribution in [-0.2, 0) is 14.8 Å². The van der Waals surface area contributed by atoms with Gasteiger partial charge in [-0.05, 0) is 6.42 Å². The summed E-state index contributed by atoms with van der Waals surface area (Å²) in [7, 11) is -3.66. The number of nitrogens with one attached hydrogen (secondary N) is 1. The molecule has 1 rings (SSSR count). The first-order valence-electron chi connectivity index (χ1n) is 5.21. The summed E-state index contributed by atoms with van der Waals surface area (Å²) in [6, 6.07) is -0.948. The zero-order chi connectivity index (χ0) is 12.9. The number of amides is 3. The van der Waals surface area contributed by atoms with E-state index in [9.17, 15) is 18.0 Å². The Morgan fingerprint density at radius 1 is 1.47 bits per heavy atom. The van der Waals surface area contributed by atoms with Gasteiger partial charge in [0.05, 0.1) is 5.75 Å². The Kier molecular flexibility index (Phi) is 4.55. The van der Waals surface area contributed by atoms with Crippen LogP contribution in [-0.4, -0.2) is 37.7 Å². The van der Waals surface area contributed by atoms with E-state index in [1.807, 2.05) is 11.6 Å². The van der Waals surface area contributed by atoms with Crippen molar-refractivity contribution in [3.63, 3.8) is 0 Å². The second-order valence-corrected chi connectivity index (χ2v) is 5.42. The van der Waals surface area contributed by atoms with Crippen LogP contribution in [0.1, 0.15) is 26.2 Å². The number of carbonyl (C=O) groups is 2. The maximum atomic E-state index is 11.4. The molecule has 0 aromatic rings. The molecule has 8 nitrogen and oxygen atoms in total. The molecule has 0 atom stereocenters. The molecule has 0 aromatic heterocycles. The van der Waals surface area contributed by atoms with Crippen LogP contribution in [0.2, 0.25) is 0 Å². The van der Waals surface area contributed by atoms with Gasteiger partial charge < -0.3 is 0 Å². The van der Waals surface area contributed by atoms with E-state index in [4.69, 9.17) is 0 Å². The lowest BCUT2D eigenvalue weighted by atomic mass is 10.3. The fraction of sp³-hybridized carbons (Fsp3) is 0.750. The van der Waals surface area contributed by atoms with Crippen LogP contribution in [0.3, 0.4) is 0 Å². The highest BCUT2D eigenvalue weighted by atomic mass is 32.2. The van der Waals surface area contributed by atoms with Gasteiger partial charge in [0.2, 0.25) is 10.0 Å². The minimum atomic E-state index is -3.66. The molecule has 0 unspecified atom stereocenters.